The third-order valence-corrected chi connectivity index (χ3v) is 7.63. The number of thioether (sulfide) groups is 1. The molecule has 0 spiro atoms. The molecule has 0 atom stereocenters. The van der Waals surface area contributed by atoms with Gasteiger partial charge < -0.3 is 14.7 Å². The van der Waals surface area contributed by atoms with Crippen LogP contribution in [0.1, 0.15) is 28.5 Å². The van der Waals surface area contributed by atoms with Gasteiger partial charge in [-0.2, -0.15) is 4.98 Å². The molecule has 5 rings (SSSR count). The van der Waals surface area contributed by atoms with Crippen molar-refractivity contribution in [3.63, 3.8) is 0 Å². The minimum atomic E-state index is -0.0672. The monoisotopic (exact) mass is 488 g/mol. The molecule has 1 amide bonds. The van der Waals surface area contributed by atoms with Crippen LogP contribution in [0.4, 0.5) is 11.4 Å². The number of hydrogen-bond donors (Lipinski definition) is 1. The SMILES string of the molecule is Cc1nc(CSc2ccccc2C(=O)NCCCN2c3ccccc3Sc3ccccc32)no1. The number of anilines is 2. The first-order valence-electron chi connectivity index (χ1n) is 11.1. The van der Waals surface area contributed by atoms with Crippen molar-refractivity contribution in [2.24, 2.45) is 0 Å². The minimum Gasteiger partial charge on any atom is -0.352 e. The van der Waals surface area contributed by atoms with Gasteiger partial charge in [-0.3, -0.25) is 4.79 Å². The lowest BCUT2D eigenvalue weighted by Gasteiger charge is -2.32. The summed E-state index contributed by atoms with van der Waals surface area (Å²) in [6, 6.07) is 24.6. The number of nitrogens with one attached hydrogen (secondary N) is 1. The van der Waals surface area contributed by atoms with Gasteiger partial charge in [0.1, 0.15) is 0 Å². The maximum Gasteiger partial charge on any atom is 0.252 e. The number of aromatic nitrogens is 2. The first-order chi connectivity index (χ1) is 16.7. The molecule has 3 aromatic carbocycles. The number of aryl methyl sites for hydroxylation is 1. The number of carbonyl (C=O) groups excluding carboxylic acids is 1. The number of amides is 1. The third-order valence-electron chi connectivity index (χ3n) is 5.43. The summed E-state index contributed by atoms with van der Waals surface area (Å²) in [6.07, 6.45) is 0.830. The van der Waals surface area contributed by atoms with E-state index in [2.05, 4.69) is 68.9 Å². The van der Waals surface area contributed by atoms with Gasteiger partial charge in [0, 0.05) is 34.7 Å². The molecule has 8 heteroatoms. The fourth-order valence-corrected chi connectivity index (χ4v) is 5.87. The largest absolute Gasteiger partial charge is 0.352 e. The zero-order valence-electron chi connectivity index (χ0n) is 18.7. The van der Waals surface area contributed by atoms with E-state index < -0.39 is 0 Å². The van der Waals surface area contributed by atoms with Gasteiger partial charge in [0.15, 0.2) is 5.82 Å². The highest BCUT2D eigenvalue weighted by Crippen LogP contribution is 2.47. The van der Waals surface area contributed by atoms with E-state index in [0.717, 1.165) is 17.9 Å². The van der Waals surface area contributed by atoms with E-state index in [1.54, 1.807) is 18.7 Å². The summed E-state index contributed by atoms with van der Waals surface area (Å²) in [6.45, 7) is 3.18. The van der Waals surface area contributed by atoms with Crippen LogP contribution in [0.25, 0.3) is 0 Å². The van der Waals surface area contributed by atoms with E-state index in [0.29, 0.717) is 29.6 Å². The molecule has 6 nitrogen and oxygen atoms in total. The minimum absolute atomic E-state index is 0.0672. The fourth-order valence-electron chi connectivity index (χ4n) is 3.88. The van der Waals surface area contributed by atoms with Crippen LogP contribution in [0.3, 0.4) is 0 Å². The Bertz CT molecular complexity index is 1260. The molecule has 0 saturated carbocycles. The van der Waals surface area contributed by atoms with Crippen molar-refractivity contribution in [1.82, 2.24) is 15.5 Å². The summed E-state index contributed by atoms with van der Waals surface area (Å²) in [7, 11) is 0. The second-order valence-corrected chi connectivity index (χ2v) is 9.91. The van der Waals surface area contributed by atoms with Crippen molar-refractivity contribution < 1.29 is 9.32 Å². The van der Waals surface area contributed by atoms with Crippen LogP contribution in [0, 0.1) is 6.92 Å². The molecule has 2 heterocycles. The molecule has 1 aliphatic rings. The Labute approximate surface area is 207 Å². The Balaban J connectivity index is 1.20. The molecule has 172 valence electrons. The average molecular weight is 489 g/mol. The first-order valence-corrected chi connectivity index (χ1v) is 12.9. The zero-order valence-corrected chi connectivity index (χ0v) is 20.4. The highest BCUT2D eigenvalue weighted by atomic mass is 32.2. The summed E-state index contributed by atoms with van der Waals surface area (Å²) >= 11 is 3.34. The normalized spacial score (nSPS) is 12.2. The number of rotatable bonds is 8. The molecule has 0 saturated heterocycles. The quantitative estimate of drug-likeness (QED) is 0.238. The number of para-hydroxylation sites is 2. The summed E-state index contributed by atoms with van der Waals surface area (Å²) in [4.78, 5) is 22.9. The molecule has 1 N–H and O–H groups in total. The summed E-state index contributed by atoms with van der Waals surface area (Å²) in [5.74, 6) is 1.65. The molecule has 34 heavy (non-hydrogen) atoms. The van der Waals surface area contributed by atoms with Gasteiger partial charge in [-0.1, -0.05) is 53.3 Å². The fraction of sp³-hybridized carbons (Fsp3) is 0.192. The Kier molecular flexibility index (Phi) is 6.87. The maximum absolute atomic E-state index is 12.9. The van der Waals surface area contributed by atoms with Crippen molar-refractivity contribution in [2.45, 2.75) is 33.8 Å². The summed E-state index contributed by atoms with van der Waals surface area (Å²) < 4.78 is 5.03. The average Bonchev–Trinajstić information content (AvgIpc) is 3.29. The molecule has 1 aliphatic heterocycles. The van der Waals surface area contributed by atoms with Crippen LogP contribution < -0.4 is 10.2 Å². The van der Waals surface area contributed by atoms with E-state index in [9.17, 15) is 4.79 Å². The highest BCUT2D eigenvalue weighted by Gasteiger charge is 2.22. The Morgan fingerprint density at radius 3 is 2.38 bits per heavy atom. The van der Waals surface area contributed by atoms with E-state index >= 15 is 0 Å². The van der Waals surface area contributed by atoms with Gasteiger partial charge in [0.2, 0.25) is 5.89 Å². The molecule has 1 aromatic heterocycles. The maximum atomic E-state index is 12.9. The number of carbonyl (C=O) groups is 1. The number of benzene rings is 3. The summed E-state index contributed by atoms with van der Waals surface area (Å²) in [5.41, 5.74) is 3.10. The third kappa shape index (κ3) is 4.98. The lowest BCUT2D eigenvalue weighted by atomic mass is 10.2. The number of nitrogens with zero attached hydrogens (tertiary/aromatic N) is 3. The van der Waals surface area contributed by atoms with Crippen LogP contribution in [-0.2, 0) is 5.75 Å². The van der Waals surface area contributed by atoms with E-state index in [4.69, 9.17) is 4.52 Å². The summed E-state index contributed by atoms with van der Waals surface area (Å²) in [5, 5.41) is 7.02. The van der Waals surface area contributed by atoms with Crippen LogP contribution in [-0.4, -0.2) is 29.1 Å². The highest BCUT2D eigenvalue weighted by molar-refractivity contribution is 7.99. The van der Waals surface area contributed by atoms with Gasteiger partial charge in [0.05, 0.1) is 22.7 Å². The predicted octanol–water partition coefficient (Wildman–Crippen LogP) is 6.09. The molecular formula is C26H24N4O2S2. The van der Waals surface area contributed by atoms with Crippen molar-refractivity contribution in [1.29, 1.82) is 0 Å². The molecular weight excluding hydrogens is 464 g/mol. The van der Waals surface area contributed by atoms with Gasteiger partial charge in [0.25, 0.3) is 5.91 Å². The van der Waals surface area contributed by atoms with E-state index in [-0.39, 0.29) is 5.91 Å². The number of hydrogen-bond acceptors (Lipinski definition) is 7. The van der Waals surface area contributed by atoms with Crippen LogP contribution in [0.15, 0.2) is 92.0 Å². The van der Waals surface area contributed by atoms with Gasteiger partial charge in [-0.25, -0.2) is 0 Å². The molecule has 0 unspecified atom stereocenters. The van der Waals surface area contributed by atoms with E-state index in [1.165, 1.54) is 32.9 Å². The number of fused-ring (bicyclic) bond motifs is 2. The topological polar surface area (TPSA) is 71.3 Å². The van der Waals surface area contributed by atoms with Gasteiger partial charge >= 0.3 is 0 Å². The van der Waals surface area contributed by atoms with Crippen molar-refractivity contribution in [2.75, 3.05) is 18.0 Å². The zero-order chi connectivity index (χ0) is 23.3. The van der Waals surface area contributed by atoms with Crippen LogP contribution >= 0.6 is 23.5 Å². The van der Waals surface area contributed by atoms with Crippen molar-refractivity contribution in [3.8, 4) is 0 Å². The van der Waals surface area contributed by atoms with Crippen molar-refractivity contribution >= 4 is 40.8 Å². The Morgan fingerprint density at radius 1 is 1.00 bits per heavy atom. The molecule has 0 bridgehead atoms. The second kappa shape index (κ2) is 10.4. The molecule has 4 aromatic rings. The first kappa shape index (κ1) is 22.6. The lowest BCUT2D eigenvalue weighted by Crippen LogP contribution is -2.29. The lowest BCUT2D eigenvalue weighted by molar-refractivity contribution is 0.0950. The second-order valence-electron chi connectivity index (χ2n) is 7.81. The molecule has 0 aliphatic carbocycles. The van der Waals surface area contributed by atoms with Gasteiger partial charge in [-0.15, -0.1) is 11.8 Å². The standard InChI is InChI=1S/C26H24N4O2S2/c1-18-28-25(29-32-18)17-33-22-12-5-2-9-19(22)26(31)27-15-8-16-30-20-10-3-6-13-23(20)34-24-14-7-4-11-21(24)30/h2-7,9-14H,8,15-17H2,1H3,(H,27,31). The van der Waals surface area contributed by atoms with Crippen LogP contribution in [0.5, 0.6) is 0 Å². The smallest absolute Gasteiger partial charge is 0.252 e. The Morgan fingerprint density at radius 2 is 1.68 bits per heavy atom. The van der Waals surface area contributed by atoms with E-state index in [1.807, 2.05) is 24.3 Å². The molecule has 0 radical (unpaired) electrons. The van der Waals surface area contributed by atoms with Crippen molar-refractivity contribution in [3.05, 3.63) is 90.1 Å². The predicted molar refractivity (Wildman–Crippen MR) is 136 cm³/mol. The Hall–Kier alpha value is -3.23. The van der Waals surface area contributed by atoms with Crippen LogP contribution in [0.2, 0.25) is 0 Å². The molecule has 0 fully saturated rings. The van der Waals surface area contributed by atoms with Gasteiger partial charge in [-0.05, 0) is 42.8 Å².